The summed E-state index contributed by atoms with van der Waals surface area (Å²) in [6, 6.07) is 17.3. The maximum atomic E-state index is 5.35. The van der Waals surface area contributed by atoms with Crippen LogP contribution in [-0.4, -0.2) is 33.4 Å². The predicted molar refractivity (Wildman–Crippen MR) is 101 cm³/mol. The Bertz CT molecular complexity index is 793. The van der Waals surface area contributed by atoms with E-state index in [4.69, 9.17) is 23.9 Å². The van der Waals surface area contributed by atoms with Gasteiger partial charge in [0.05, 0.1) is 39.8 Å². The van der Waals surface area contributed by atoms with Crippen molar-refractivity contribution in [3.63, 3.8) is 0 Å². The van der Waals surface area contributed by atoms with Crippen LogP contribution in [0.3, 0.4) is 0 Å². The SMILES string of the molecule is COc1cc(OC)cc(-c2cccc(-c3cc(OC)cc(OC)c3)n2)c1. The second kappa shape index (κ2) is 7.78. The lowest BCUT2D eigenvalue weighted by Crippen LogP contribution is -1.93. The topological polar surface area (TPSA) is 49.8 Å². The van der Waals surface area contributed by atoms with Crippen LogP contribution in [0.2, 0.25) is 0 Å². The lowest BCUT2D eigenvalue weighted by atomic mass is 10.1. The zero-order valence-corrected chi connectivity index (χ0v) is 15.3. The molecule has 0 aliphatic carbocycles. The van der Waals surface area contributed by atoms with Gasteiger partial charge < -0.3 is 18.9 Å². The first-order chi connectivity index (χ1) is 12.7. The van der Waals surface area contributed by atoms with Crippen LogP contribution in [-0.2, 0) is 0 Å². The third kappa shape index (κ3) is 3.72. The van der Waals surface area contributed by atoms with Crippen LogP contribution < -0.4 is 18.9 Å². The van der Waals surface area contributed by atoms with Gasteiger partial charge in [0.2, 0.25) is 0 Å². The molecule has 0 aliphatic heterocycles. The fourth-order valence-electron chi connectivity index (χ4n) is 2.67. The Labute approximate surface area is 153 Å². The fraction of sp³-hybridized carbons (Fsp3) is 0.190. The molecule has 5 nitrogen and oxygen atoms in total. The average molecular weight is 351 g/mol. The summed E-state index contributed by atoms with van der Waals surface area (Å²) in [7, 11) is 6.52. The minimum atomic E-state index is 0.717. The van der Waals surface area contributed by atoms with Crippen molar-refractivity contribution in [2.45, 2.75) is 0 Å². The van der Waals surface area contributed by atoms with Gasteiger partial charge in [0.1, 0.15) is 23.0 Å². The molecule has 0 spiro atoms. The minimum absolute atomic E-state index is 0.717. The number of hydrogen-bond acceptors (Lipinski definition) is 5. The molecule has 0 atom stereocenters. The zero-order valence-electron chi connectivity index (χ0n) is 15.3. The van der Waals surface area contributed by atoms with Gasteiger partial charge in [-0.05, 0) is 36.4 Å². The van der Waals surface area contributed by atoms with Gasteiger partial charge in [-0.3, -0.25) is 0 Å². The lowest BCUT2D eigenvalue weighted by Gasteiger charge is -2.11. The van der Waals surface area contributed by atoms with E-state index in [9.17, 15) is 0 Å². The van der Waals surface area contributed by atoms with Crippen molar-refractivity contribution >= 4 is 0 Å². The summed E-state index contributed by atoms with van der Waals surface area (Å²) in [5, 5.41) is 0. The standard InChI is InChI=1S/C21H21NO4/c1-23-16-8-14(9-17(12-16)24-2)20-6-5-7-21(22-20)15-10-18(25-3)13-19(11-15)26-4/h5-13H,1-4H3. The van der Waals surface area contributed by atoms with Gasteiger partial charge in [0.25, 0.3) is 0 Å². The van der Waals surface area contributed by atoms with Gasteiger partial charge in [-0.15, -0.1) is 0 Å². The molecule has 0 saturated carbocycles. The van der Waals surface area contributed by atoms with E-state index in [2.05, 4.69) is 0 Å². The van der Waals surface area contributed by atoms with Gasteiger partial charge in [0, 0.05) is 23.3 Å². The summed E-state index contributed by atoms with van der Waals surface area (Å²) >= 11 is 0. The van der Waals surface area contributed by atoms with E-state index in [0.717, 1.165) is 45.5 Å². The second-order valence-corrected chi connectivity index (χ2v) is 5.61. The van der Waals surface area contributed by atoms with Crippen LogP contribution in [0, 0.1) is 0 Å². The first-order valence-electron chi connectivity index (χ1n) is 8.10. The van der Waals surface area contributed by atoms with Gasteiger partial charge in [-0.25, -0.2) is 4.98 Å². The van der Waals surface area contributed by atoms with Gasteiger partial charge in [-0.1, -0.05) is 6.07 Å². The summed E-state index contributed by atoms with van der Waals surface area (Å²) in [6.45, 7) is 0. The second-order valence-electron chi connectivity index (χ2n) is 5.61. The molecule has 26 heavy (non-hydrogen) atoms. The molecule has 0 fully saturated rings. The Kier molecular flexibility index (Phi) is 5.27. The van der Waals surface area contributed by atoms with Crippen molar-refractivity contribution in [2.24, 2.45) is 0 Å². The van der Waals surface area contributed by atoms with Crippen LogP contribution in [0.25, 0.3) is 22.5 Å². The zero-order chi connectivity index (χ0) is 18.5. The Morgan fingerprint density at radius 2 is 0.885 bits per heavy atom. The molecule has 0 radical (unpaired) electrons. The molecule has 134 valence electrons. The van der Waals surface area contributed by atoms with Gasteiger partial charge >= 0.3 is 0 Å². The summed E-state index contributed by atoms with van der Waals surface area (Å²) in [5.74, 6) is 2.87. The van der Waals surface area contributed by atoms with E-state index in [1.165, 1.54) is 0 Å². The van der Waals surface area contributed by atoms with Gasteiger partial charge in [-0.2, -0.15) is 0 Å². The van der Waals surface area contributed by atoms with E-state index in [1.807, 2.05) is 54.6 Å². The van der Waals surface area contributed by atoms with E-state index >= 15 is 0 Å². The fourth-order valence-corrected chi connectivity index (χ4v) is 2.67. The van der Waals surface area contributed by atoms with Crippen molar-refractivity contribution in [1.29, 1.82) is 0 Å². The molecular formula is C21H21NO4. The monoisotopic (exact) mass is 351 g/mol. The van der Waals surface area contributed by atoms with Crippen molar-refractivity contribution in [3.05, 3.63) is 54.6 Å². The van der Waals surface area contributed by atoms with Crippen molar-refractivity contribution in [3.8, 4) is 45.5 Å². The number of pyridine rings is 1. The minimum Gasteiger partial charge on any atom is -0.497 e. The first kappa shape index (κ1) is 17.6. The number of hydrogen-bond donors (Lipinski definition) is 0. The highest BCUT2D eigenvalue weighted by atomic mass is 16.5. The van der Waals surface area contributed by atoms with Crippen molar-refractivity contribution < 1.29 is 18.9 Å². The molecule has 0 amide bonds. The van der Waals surface area contributed by atoms with Crippen LogP contribution in [0.4, 0.5) is 0 Å². The quantitative estimate of drug-likeness (QED) is 0.657. The Balaban J connectivity index is 2.07. The van der Waals surface area contributed by atoms with E-state index in [1.54, 1.807) is 28.4 Å². The maximum Gasteiger partial charge on any atom is 0.123 e. The predicted octanol–water partition coefficient (Wildman–Crippen LogP) is 4.45. The van der Waals surface area contributed by atoms with Gasteiger partial charge in [0.15, 0.2) is 0 Å². The summed E-state index contributed by atoms with van der Waals surface area (Å²) in [5.41, 5.74) is 3.47. The molecule has 0 unspecified atom stereocenters. The number of rotatable bonds is 6. The number of benzene rings is 2. The van der Waals surface area contributed by atoms with E-state index < -0.39 is 0 Å². The molecule has 3 aromatic rings. The Morgan fingerprint density at radius 1 is 0.538 bits per heavy atom. The number of ether oxygens (including phenoxy) is 4. The van der Waals surface area contributed by atoms with Crippen LogP contribution in [0.1, 0.15) is 0 Å². The normalized spacial score (nSPS) is 10.3. The first-order valence-corrected chi connectivity index (χ1v) is 8.10. The van der Waals surface area contributed by atoms with Crippen molar-refractivity contribution in [1.82, 2.24) is 4.98 Å². The lowest BCUT2D eigenvalue weighted by molar-refractivity contribution is 0.394. The molecular weight excluding hydrogens is 330 g/mol. The highest BCUT2D eigenvalue weighted by Gasteiger charge is 2.09. The number of methoxy groups -OCH3 is 4. The Hall–Kier alpha value is -3.21. The van der Waals surface area contributed by atoms with Crippen molar-refractivity contribution in [2.75, 3.05) is 28.4 Å². The largest absolute Gasteiger partial charge is 0.497 e. The molecule has 0 bridgehead atoms. The van der Waals surface area contributed by atoms with Crippen LogP contribution in [0.5, 0.6) is 23.0 Å². The third-order valence-electron chi connectivity index (χ3n) is 4.04. The molecule has 2 aromatic carbocycles. The third-order valence-corrected chi connectivity index (χ3v) is 4.04. The molecule has 0 N–H and O–H groups in total. The molecule has 0 saturated heterocycles. The summed E-state index contributed by atoms with van der Waals surface area (Å²) in [6.07, 6.45) is 0. The molecule has 0 aliphatic rings. The molecule has 3 rings (SSSR count). The highest BCUT2D eigenvalue weighted by Crippen LogP contribution is 2.32. The van der Waals surface area contributed by atoms with E-state index in [0.29, 0.717) is 0 Å². The molecule has 5 heteroatoms. The maximum absolute atomic E-state index is 5.35. The molecule has 1 heterocycles. The Morgan fingerprint density at radius 3 is 1.19 bits per heavy atom. The average Bonchev–Trinajstić information content (AvgIpc) is 2.72. The molecule has 1 aromatic heterocycles. The summed E-state index contributed by atoms with van der Waals surface area (Å²) < 4.78 is 21.4. The smallest absolute Gasteiger partial charge is 0.123 e. The highest BCUT2D eigenvalue weighted by molar-refractivity contribution is 5.70. The van der Waals surface area contributed by atoms with Crippen LogP contribution in [0.15, 0.2) is 54.6 Å². The number of aromatic nitrogens is 1. The van der Waals surface area contributed by atoms with E-state index in [-0.39, 0.29) is 0 Å². The number of nitrogens with zero attached hydrogens (tertiary/aromatic N) is 1. The summed E-state index contributed by atoms with van der Waals surface area (Å²) in [4.78, 5) is 4.79. The van der Waals surface area contributed by atoms with Crippen LogP contribution >= 0.6 is 0 Å².